The molecular formula is C16H23N3O2. The fourth-order valence-corrected chi connectivity index (χ4v) is 2.49. The number of nitrogens with one attached hydrogen (secondary N) is 1. The number of nitrogens with zero attached hydrogens (tertiary/aromatic N) is 2. The van der Waals surface area contributed by atoms with Crippen LogP contribution in [-0.2, 0) is 7.05 Å². The minimum Gasteiger partial charge on any atom is -0.497 e. The van der Waals surface area contributed by atoms with Gasteiger partial charge in [-0.05, 0) is 37.2 Å². The number of methoxy groups -OCH3 is 2. The normalized spacial score (nSPS) is 12.2. The third-order valence-corrected chi connectivity index (χ3v) is 3.45. The van der Waals surface area contributed by atoms with Crippen molar-refractivity contribution >= 4 is 0 Å². The van der Waals surface area contributed by atoms with E-state index in [1.165, 1.54) is 0 Å². The fourth-order valence-electron chi connectivity index (χ4n) is 2.49. The highest BCUT2D eigenvalue weighted by Crippen LogP contribution is 2.30. The summed E-state index contributed by atoms with van der Waals surface area (Å²) in [4.78, 5) is 0. The van der Waals surface area contributed by atoms with Gasteiger partial charge in [-0.3, -0.25) is 4.68 Å². The van der Waals surface area contributed by atoms with E-state index in [4.69, 9.17) is 9.47 Å². The van der Waals surface area contributed by atoms with Gasteiger partial charge in [0.2, 0.25) is 0 Å². The van der Waals surface area contributed by atoms with Crippen molar-refractivity contribution < 1.29 is 9.47 Å². The molecule has 0 spiro atoms. The maximum absolute atomic E-state index is 5.37. The molecule has 0 aliphatic heterocycles. The molecule has 1 aromatic heterocycles. The molecule has 0 radical (unpaired) electrons. The van der Waals surface area contributed by atoms with E-state index in [1.54, 1.807) is 14.2 Å². The SMILES string of the molecule is CCNC(c1cc(OC)cc(OC)c1)c1cc(C)nn1C. The zero-order chi connectivity index (χ0) is 15.4. The number of aryl methyl sites for hydroxylation is 2. The Morgan fingerprint density at radius 2 is 1.76 bits per heavy atom. The molecular weight excluding hydrogens is 266 g/mol. The third-order valence-electron chi connectivity index (χ3n) is 3.45. The Hall–Kier alpha value is -2.01. The smallest absolute Gasteiger partial charge is 0.122 e. The first-order valence-electron chi connectivity index (χ1n) is 7.06. The molecule has 1 atom stereocenters. The Kier molecular flexibility index (Phi) is 4.85. The number of benzene rings is 1. The van der Waals surface area contributed by atoms with E-state index in [0.29, 0.717) is 0 Å². The Balaban J connectivity index is 2.49. The van der Waals surface area contributed by atoms with Crippen molar-refractivity contribution in [2.75, 3.05) is 20.8 Å². The molecule has 0 amide bonds. The van der Waals surface area contributed by atoms with E-state index in [-0.39, 0.29) is 6.04 Å². The van der Waals surface area contributed by atoms with Gasteiger partial charge in [0.05, 0.1) is 31.6 Å². The molecule has 0 bridgehead atoms. The van der Waals surface area contributed by atoms with Gasteiger partial charge in [0, 0.05) is 13.1 Å². The summed E-state index contributed by atoms with van der Waals surface area (Å²) in [6, 6.07) is 8.07. The van der Waals surface area contributed by atoms with Crippen molar-refractivity contribution in [3.8, 4) is 11.5 Å². The lowest BCUT2D eigenvalue weighted by Gasteiger charge is -2.20. The number of hydrogen-bond donors (Lipinski definition) is 1. The highest BCUT2D eigenvalue weighted by Gasteiger charge is 2.19. The van der Waals surface area contributed by atoms with Gasteiger partial charge in [0.15, 0.2) is 0 Å². The van der Waals surface area contributed by atoms with Crippen LogP contribution in [0.4, 0.5) is 0 Å². The Morgan fingerprint density at radius 3 is 2.19 bits per heavy atom. The summed E-state index contributed by atoms with van der Waals surface area (Å²) in [6.07, 6.45) is 0. The van der Waals surface area contributed by atoms with Crippen LogP contribution in [0.3, 0.4) is 0 Å². The summed E-state index contributed by atoms with van der Waals surface area (Å²) in [7, 11) is 5.29. The predicted molar refractivity (Wildman–Crippen MR) is 83.0 cm³/mol. The number of rotatable bonds is 6. The molecule has 0 saturated carbocycles. The van der Waals surface area contributed by atoms with E-state index in [1.807, 2.05) is 36.9 Å². The molecule has 0 saturated heterocycles. The zero-order valence-electron chi connectivity index (χ0n) is 13.3. The quantitative estimate of drug-likeness (QED) is 0.887. The summed E-state index contributed by atoms with van der Waals surface area (Å²) in [5.41, 5.74) is 3.21. The monoisotopic (exact) mass is 289 g/mol. The Bertz CT molecular complexity index is 585. The second-order valence-corrected chi connectivity index (χ2v) is 4.97. The molecule has 1 aromatic carbocycles. The molecule has 0 fully saturated rings. The van der Waals surface area contributed by atoms with E-state index in [9.17, 15) is 0 Å². The molecule has 5 heteroatoms. The zero-order valence-corrected chi connectivity index (χ0v) is 13.3. The largest absolute Gasteiger partial charge is 0.497 e. The van der Waals surface area contributed by atoms with Crippen LogP contribution in [0.2, 0.25) is 0 Å². The molecule has 0 aliphatic rings. The molecule has 21 heavy (non-hydrogen) atoms. The summed E-state index contributed by atoms with van der Waals surface area (Å²) in [6.45, 7) is 4.95. The fraction of sp³-hybridized carbons (Fsp3) is 0.438. The highest BCUT2D eigenvalue weighted by molar-refractivity contribution is 5.42. The van der Waals surface area contributed by atoms with Gasteiger partial charge in [-0.15, -0.1) is 0 Å². The van der Waals surface area contributed by atoms with Gasteiger partial charge in [0.1, 0.15) is 11.5 Å². The molecule has 2 rings (SSSR count). The Morgan fingerprint density at radius 1 is 1.14 bits per heavy atom. The van der Waals surface area contributed by atoms with E-state index >= 15 is 0 Å². The lowest BCUT2D eigenvalue weighted by molar-refractivity contribution is 0.392. The number of hydrogen-bond acceptors (Lipinski definition) is 4. The molecule has 1 heterocycles. The average molecular weight is 289 g/mol. The van der Waals surface area contributed by atoms with Crippen molar-refractivity contribution in [3.05, 3.63) is 41.2 Å². The first-order valence-corrected chi connectivity index (χ1v) is 7.06. The third kappa shape index (κ3) is 3.36. The van der Waals surface area contributed by atoms with Crippen LogP contribution in [-0.4, -0.2) is 30.5 Å². The first-order chi connectivity index (χ1) is 10.1. The van der Waals surface area contributed by atoms with Crippen molar-refractivity contribution in [2.45, 2.75) is 19.9 Å². The van der Waals surface area contributed by atoms with Gasteiger partial charge in [0.25, 0.3) is 0 Å². The summed E-state index contributed by atoms with van der Waals surface area (Å²) >= 11 is 0. The summed E-state index contributed by atoms with van der Waals surface area (Å²) in [5, 5.41) is 7.94. The minimum absolute atomic E-state index is 0.0465. The first kappa shape index (κ1) is 15.4. The van der Waals surface area contributed by atoms with E-state index in [0.717, 1.165) is 35.0 Å². The summed E-state index contributed by atoms with van der Waals surface area (Å²) in [5.74, 6) is 1.57. The standard InChI is InChI=1S/C16H23N3O2/c1-6-17-16(15-7-11(2)18-19(15)3)12-8-13(20-4)10-14(9-12)21-5/h7-10,16-17H,6H2,1-5H3. The van der Waals surface area contributed by atoms with Gasteiger partial charge in [-0.2, -0.15) is 5.10 Å². The van der Waals surface area contributed by atoms with Crippen LogP contribution in [0.1, 0.15) is 29.9 Å². The van der Waals surface area contributed by atoms with Gasteiger partial charge < -0.3 is 14.8 Å². The maximum Gasteiger partial charge on any atom is 0.122 e. The van der Waals surface area contributed by atoms with E-state index in [2.05, 4.69) is 23.4 Å². The van der Waals surface area contributed by atoms with E-state index < -0.39 is 0 Å². The average Bonchev–Trinajstić information content (AvgIpc) is 2.82. The minimum atomic E-state index is 0.0465. The number of ether oxygens (including phenoxy) is 2. The molecule has 1 unspecified atom stereocenters. The van der Waals surface area contributed by atoms with Gasteiger partial charge >= 0.3 is 0 Å². The highest BCUT2D eigenvalue weighted by atomic mass is 16.5. The van der Waals surface area contributed by atoms with Crippen molar-refractivity contribution in [1.29, 1.82) is 0 Å². The lowest BCUT2D eigenvalue weighted by Crippen LogP contribution is -2.24. The van der Waals surface area contributed by atoms with Crippen molar-refractivity contribution in [2.24, 2.45) is 7.05 Å². The number of aromatic nitrogens is 2. The van der Waals surface area contributed by atoms with Crippen molar-refractivity contribution in [1.82, 2.24) is 15.1 Å². The van der Waals surface area contributed by atoms with Gasteiger partial charge in [-0.25, -0.2) is 0 Å². The van der Waals surface area contributed by atoms with Crippen LogP contribution in [0, 0.1) is 6.92 Å². The summed E-state index contributed by atoms with van der Waals surface area (Å²) < 4.78 is 12.6. The molecule has 2 aromatic rings. The molecule has 114 valence electrons. The Labute approximate surface area is 125 Å². The molecule has 5 nitrogen and oxygen atoms in total. The van der Waals surface area contributed by atoms with Crippen LogP contribution in [0.5, 0.6) is 11.5 Å². The maximum atomic E-state index is 5.37. The van der Waals surface area contributed by atoms with Crippen LogP contribution in [0.15, 0.2) is 24.3 Å². The molecule has 1 N–H and O–H groups in total. The lowest BCUT2D eigenvalue weighted by atomic mass is 10.0. The predicted octanol–water partition coefficient (Wildman–Crippen LogP) is 2.44. The second-order valence-electron chi connectivity index (χ2n) is 4.97. The van der Waals surface area contributed by atoms with Crippen LogP contribution < -0.4 is 14.8 Å². The second kappa shape index (κ2) is 6.63. The van der Waals surface area contributed by atoms with Crippen LogP contribution >= 0.6 is 0 Å². The van der Waals surface area contributed by atoms with Gasteiger partial charge in [-0.1, -0.05) is 6.92 Å². The molecule has 0 aliphatic carbocycles. The topological polar surface area (TPSA) is 48.3 Å². The van der Waals surface area contributed by atoms with Crippen LogP contribution in [0.25, 0.3) is 0 Å². The van der Waals surface area contributed by atoms with Crippen molar-refractivity contribution in [3.63, 3.8) is 0 Å².